The first-order chi connectivity index (χ1) is 10.1. The highest BCUT2D eigenvalue weighted by Gasteiger charge is 2.16. The SMILES string of the molecule is CCP(CC)c1[c]c(P(CC)CC)cc(P(CC)CC)c1. The third-order valence-corrected chi connectivity index (χ3v) is 11.6. The molecule has 1 rings (SSSR count). The van der Waals surface area contributed by atoms with E-state index in [-0.39, 0.29) is 23.8 Å². The van der Waals surface area contributed by atoms with Crippen molar-refractivity contribution < 1.29 is 0 Å². The van der Waals surface area contributed by atoms with Crippen molar-refractivity contribution in [2.75, 3.05) is 37.0 Å². The molecule has 0 aliphatic rings. The van der Waals surface area contributed by atoms with E-state index in [9.17, 15) is 0 Å². The standard InChI is InChI=1S/C18H32P3/c1-7-19(8-2)16-13-17(20(9-3)10-4)15-18(14-16)21(11-5)12-6/h13-14H,7-12H2,1-6H3. The molecule has 0 unspecified atom stereocenters. The van der Waals surface area contributed by atoms with Gasteiger partial charge in [-0.1, -0.05) is 65.3 Å². The van der Waals surface area contributed by atoms with Crippen molar-refractivity contribution in [3.05, 3.63) is 18.2 Å². The minimum atomic E-state index is 0.0119. The Bertz CT molecular complexity index is 331. The molecule has 21 heavy (non-hydrogen) atoms. The van der Waals surface area contributed by atoms with Crippen LogP contribution in [0.5, 0.6) is 0 Å². The van der Waals surface area contributed by atoms with Crippen molar-refractivity contribution in [1.82, 2.24) is 0 Å². The van der Waals surface area contributed by atoms with E-state index in [1.807, 2.05) is 0 Å². The van der Waals surface area contributed by atoms with Crippen molar-refractivity contribution in [2.24, 2.45) is 0 Å². The van der Waals surface area contributed by atoms with Gasteiger partial charge in [0, 0.05) is 0 Å². The second kappa shape index (κ2) is 10.3. The molecule has 0 aliphatic heterocycles. The zero-order chi connectivity index (χ0) is 15.8. The summed E-state index contributed by atoms with van der Waals surface area (Å²) in [5, 5.41) is 4.78. The molecule has 0 bridgehead atoms. The van der Waals surface area contributed by atoms with E-state index in [0.29, 0.717) is 0 Å². The Morgan fingerprint density at radius 2 is 0.952 bits per heavy atom. The van der Waals surface area contributed by atoms with Gasteiger partial charge in [0.25, 0.3) is 0 Å². The van der Waals surface area contributed by atoms with Gasteiger partial charge in [0.2, 0.25) is 0 Å². The summed E-state index contributed by atoms with van der Waals surface area (Å²) in [6.07, 6.45) is 7.85. The molecule has 0 saturated carbocycles. The van der Waals surface area contributed by atoms with Crippen LogP contribution in [0.25, 0.3) is 0 Å². The minimum Gasteiger partial charge on any atom is -0.0758 e. The van der Waals surface area contributed by atoms with Crippen LogP contribution in [-0.2, 0) is 0 Å². The van der Waals surface area contributed by atoms with Gasteiger partial charge in [0.1, 0.15) is 0 Å². The van der Waals surface area contributed by atoms with Gasteiger partial charge in [-0.05, 0) is 71.1 Å². The van der Waals surface area contributed by atoms with Crippen LogP contribution < -0.4 is 15.9 Å². The van der Waals surface area contributed by atoms with Crippen LogP contribution in [0, 0.1) is 6.07 Å². The van der Waals surface area contributed by atoms with E-state index in [0.717, 1.165) is 0 Å². The molecule has 3 heteroatoms. The average Bonchev–Trinajstić information content (AvgIpc) is 2.51. The summed E-state index contributed by atoms with van der Waals surface area (Å²) in [6.45, 7) is 14.1. The Labute approximate surface area is 136 Å². The molecule has 0 amide bonds. The average molecular weight is 341 g/mol. The quantitative estimate of drug-likeness (QED) is 0.559. The van der Waals surface area contributed by atoms with Crippen LogP contribution in [0.15, 0.2) is 12.1 Å². The Morgan fingerprint density at radius 1 is 0.619 bits per heavy atom. The second-order valence-electron chi connectivity index (χ2n) is 5.13. The van der Waals surface area contributed by atoms with Crippen molar-refractivity contribution >= 4 is 39.7 Å². The van der Waals surface area contributed by atoms with Gasteiger partial charge in [-0.3, -0.25) is 0 Å². The molecule has 0 heterocycles. The smallest absolute Gasteiger partial charge is 0.00166 e. The van der Waals surface area contributed by atoms with Gasteiger partial charge in [-0.25, -0.2) is 0 Å². The lowest BCUT2D eigenvalue weighted by Crippen LogP contribution is -2.22. The fourth-order valence-corrected chi connectivity index (χ4v) is 8.32. The van der Waals surface area contributed by atoms with Crippen LogP contribution in [0.4, 0.5) is 0 Å². The Morgan fingerprint density at radius 3 is 1.24 bits per heavy atom. The predicted octanol–water partition coefficient (Wildman–Crippen LogP) is 4.93. The number of benzene rings is 1. The number of hydrogen-bond donors (Lipinski definition) is 0. The Kier molecular flexibility index (Phi) is 9.61. The first-order valence-corrected chi connectivity index (χ1v) is 13.6. The summed E-state index contributed by atoms with van der Waals surface area (Å²) in [4.78, 5) is 0. The minimum absolute atomic E-state index is 0.0119. The highest BCUT2D eigenvalue weighted by molar-refractivity contribution is 7.68. The molecule has 0 aromatic heterocycles. The summed E-state index contributed by atoms with van der Waals surface area (Å²) in [7, 11) is 0.0711. The van der Waals surface area contributed by atoms with Crippen molar-refractivity contribution in [2.45, 2.75) is 41.5 Å². The van der Waals surface area contributed by atoms with Gasteiger partial charge >= 0.3 is 0 Å². The summed E-state index contributed by atoms with van der Waals surface area (Å²) >= 11 is 0. The van der Waals surface area contributed by atoms with Crippen LogP contribution in [0.3, 0.4) is 0 Å². The molecule has 0 nitrogen and oxygen atoms in total. The van der Waals surface area contributed by atoms with Crippen LogP contribution in [0.1, 0.15) is 41.5 Å². The fourth-order valence-electron chi connectivity index (χ4n) is 2.77. The van der Waals surface area contributed by atoms with Gasteiger partial charge in [-0.15, -0.1) is 0 Å². The molecule has 0 aliphatic carbocycles. The fraction of sp³-hybridized carbons (Fsp3) is 0.667. The monoisotopic (exact) mass is 341 g/mol. The highest BCUT2D eigenvalue weighted by atomic mass is 31.1. The maximum Gasteiger partial charge on any atom is -0.00166 e. The molecule has 1 aromatic rings. The Balaban J connectivity index is 3.30. The molecule has 1 radical (unpaired) electrons. The molecule has 0 atom stereocenters. The Hall–Kier alpha value is 0.510. The summed E-state index contributed by atoms with van der Waals surface area (Å²) < 4.78 is 0. The van der Waals surface area contributed by atoms with E-state index in [1.165, 1.54) is 37.0 Å². The summed E-state index contributed by atoms with van der Waals surface area (Å²) in [6, 6.07) is 8.91. The normalized spacial score (nSPS) is 11.9. The van der Waals surface area contributed by atoms with Crippen molar-refractivity contribution in [3.63, 3.8) is 0 Å². The van der Waals surface area contributed by atoms with Crippen LogP contribution >= 0.6 is 23.8 Å². The molecule has 119 valence electrons. The molecule has 0 N–H and O–H groups in total. The first kappa shape index (κ1) is 19.6. The zero-order valence-corrected chi connectivity index (χ0v) is 17.4. The van der Waals surface area contributed by atoms with E-state index < -0.39 is 0 Å². The second-order valence-corrected chi connectivity index (χ2v) is 13.6. The maximum absolute atomic E-state index is 3.86. The van der Waals surface area contributed by atoms with E-state index >= 15 is 0 Å². The molecule has 1 aromatic carbocycles. The molecular formula is C18H32P3. The number of rotatable bonds is 9. The molecule has 0 fully saturated rings. The molecule has 0 saturated heterocycles. The lowest BCUT2D eigenvalue weighted by molar-refractivity contribution is 1.41. The molecular weight excluding hydrogens is 309 g/mol. The largest absolute Gasteiger partial charge is 0.0758 e. The zero-order valence-electron chi connectivity index (χ0n) is 14.7. The summed E-state index contributed by atoms with van der Waals surface area (Å²) in [5.74, 6) is 0. The summed E-state index contributed by atoms with van der Waals surface area (Å²) in [5.41, 5.74) is 0. The topological polar surface area (TPSA) is 0 Å². The third kappa shape index (κ3) is 5.27. The van der Waals surface area contributed by atoms with Gasteiger partial charge < -0.3 is 0 Å². The number of hydrogen-bond acceptors (Lipinski definition) is 0. The van der Waals surface area contributed by atoms with Crippen LogP contribution in [-0.4, -0.2) is 37.0 Å². The van der Waals surface area contributed by atoms with E-state index in [4.69, 9.17) is 0 Å². The third-order valence-electron chi connectivity index (χ3n) is 4.16. The van der Waals surface area contributed by atoms with Gasteiger partial charge in [-0.2, -0.15) is 0 Å². The van der Waals surface area contributed by atoms with Crippen LogP contribution in [0.2, 0.25) is 0 Å². The predicted molar refractivity (Wildman–Crippen MR) is 108 cm³/mol. The van der Waals surface area contributed by atoms with E-state index in [1.54, 1.807) is 15.9 Å². The molecule has 0 spiro atoms. The van der Waals surface area contributed by atoms with E-state index in [2.05, 4.69) is 59.7 Å². The van der Waals surface area contributed by atoms with Gasteiger partial charge in [0.05, 0.1) is 0 Å². The maximum atomic E-state index is 3.86. The lowest BCUT2D eigenvalue weighted by atomic mass is 10.4. The van der Waals surface area contributed by atoms with Crippen molar-refractivity contribution in [1.29, 1.82) is 0 Å². The van der Waals surface area contributed by atoms with Gasteiger partial charge in [0.15, 0.2) is 0 Å². The first-order valence-electron chi connectivity index (χ1n) is 8.47. The lowest BCUT2D eigenvalue weighted by Gasteiger charge is -2.23. The van der Waals surface area contributed by atoms with Crippen molar-refractivity contribution in [3.8, 4) is 0 Å². The highest BCUT2D eigenvalue weighted by Crippen LogP contribution is 2.39.